The van der Waals surface area contributed by atoms with E-state index in [1.165, 1.54) is 0 Å². The first-order chi connectivity index (χ1) is 12.2. The molecule has 2 aromatic rings. The first kappa shape index (κ1) is 36.1. The number of rotatable bonds is 4. The lowest BCUT2D eigenvalue weighted by molar-refractivity contribution is -0.253. The zero-order valence-electron chi connectivity index (χ0n) is 16.4. The molecular formula is C22H43NO4. The van der Waals surface area contributed by atoms with Gasteiger partial charge < -0.3 is 15.2 Å². The van der Waals surface area contributed by atoms with Crippen molar-refractivity contribution in [3.05, 3.63) is 66.2 Å². The Bertz CT molecular complexity index is 423. The maximum absolute atomic E-state index is 8.02. The van der Waals surface area contributed by atoms with Gasteiger partial charge in [0.2, 0.25) is 0 Å². The molecule has 0 spiro atoms. The van der Waals surface area contributed by atoms with Crippen LogP contribution in [0.2, 0.25) is 0 Å². The summed E-state index contributed by atoms with van der Waals surface area (Å²) in [6, 6.07) is 19.0. The summed E-state index contributed by atoms with van der Waals surface area (Å²) in [5.41, 5.74) is 7.15. The van der Waals surface area contributed by atoms with Gasteiger partial charge in [-0.25, -0.2) is 4.89 Å². The van der Waals surface area contributed by atoms with E-state index in [0.29, 0.717) is 6.79 Å². The van der Waals surface area contributed by atoms with E-state index in [-0.39, 0.29) is 21.5 Å². The average Bonchev–Trinajstić information content (AvgIpc) is 2.68. The van der Waals surface area contributed by atoms with Crippen LogP contribution in [-0.4, -0.2) is 26.3 Å². The Balaban J connectivity index is -0.0000000815. The van der Waals surface area contributed by atoms with Crippen molar-refractivity contribution in [3.8, 4) is 0 Å². The summed E-state index contributed by atoms with van der Waals surface area (Å²) >= 11 is 0. The molecule has 0 radical (unpaired) electrons. The molecule has 5 nitrogen and oxygen atoms in total. The lowest BCUT2D eigenvalue weighted by Gasteiger charge is -1.93. The molecule has 160 valence electrons. The SMILES string of the molecule is C.C.CC.CC.COCOC.Nc1ccccc1.OOCc1ccccc1. The number of nitrogens with two attached hydrogens (primary N) is 1. The largest absolute Gasteiger partial charge is 0.399 e. The van der Waals surface area contributed by atoms with Crippen molar-refractivity contribution in [2.45, 2.75) is 49.2 Å². The molecule has 5 heteroatoms. The number of hydrogen-bond donors (Lipinski definition) is 2. The number of methoxy groups -OCH3 is 2. The van der Waals surface area contributed by atoms with Crippen LogP contribution in [0.1, 0.15) is 48.1 Å². The lowest BCUT2D eigenvalue weighted by Crippen LogP contribution is -1.87. The fourth-order valence-corrected chi connectivity index (χ4v) is 1.22. The van der Waals surface area contributed by atoms with E-state index in [9.17, 15) is 0 Å². The second-order valence-electron chi connectivity index (χ2n) is 3.86. The molecule has 0 fully saturated rings. The third-order valence-corrected chi connectivity index (χ3v) is 2.11. The van der Waals surface area contributed by atoms with Crippen LogP contribution in [0.25, 0.3) is 0 Å². The van der Waals surface area contributed by atoms with Crippen LogP contribution in [0.3, 0.4) is 0 Å². The van der Waals surface area contributed by atoms with Gasteiger partial charge in [-0.15, -0.1) is 0 Å². The van der Waals surface area contributed by atoms with Crippen LogP contribution >= 0.6 is 0 Å². The van der Waals surface area contributed by atoms with Crippen molar-refractivity contribution in [2.75, 3.05) is 26.7 Å². The molecule has 0 amide bonds. The van der Waals surface area contributed by atoms with Crippen LogP contribution in [0.5, 0.6) is 0 Å². The monoisotopic (exact) mass is 385 g/mol. The summed E-state index contributed by atoms with van der Waals surface area (Å²) in [6.45, 7) is 8.65. The van der Waals surface area contributed by atoms with Gasteiger partial charge in [-0.05, 0) is 17.7 Å². The Morgan fingerprint density at radius 3 is 1.33 bits per heavy atom. The maximum atomic E-state index is 8.02. The first-order valence-corrected chi connectivity index (χ1v) is 8.33. The Hall–Kier alpha value is -1.92. The minimum atomic E-state index is 0. The highest BCUT2D eigenvalue weighted by Crippen LogP contribution is 1.98. The smallest absolute Gasteiger partial charge is 0.145 e. The van der Waals surface area contributed by atoms with Crippen LogP contribution in [0.15, 0.2) is 60.7 Å². The highest BCUT2D eigenvalue weighted by molar-refractivity contribution is 5.35. The van der Waals surface area contributed by atoms with Crippen molar-refractivity contribution in [3.63, 3.8) is 0 Å². The topological polar surface area (TPSA) is 73.9 Å². The number of benzene rings is 2. The molecule has 0 saturated heterocycles. The molecule has 0 aliphatic rings. The van der Waals surface area contributed by atoms with Crippen molar-refractivity contribution in [1.82, 2.24) is 0 Å². The Morgan fingerprint density at radius 1 is 0.741 bits per heavy atom. The van der Waals surface area contributed by atoms with Crippen molar-refractivity contribution in [2.24, 2.45) is 0 Å². The third-order valence-electron chi connectivity index (χ3n) is 2.11. The molecular weight excluding hydrogens is 342 g/mol. The number of hydrogen-bond acceptors (Lipinski definition) is 5. The maximum Gasteiger partial charge on any atom is 0.145 e. The highest BCUT2D eigenvalue weighted by Gasteiger charge is 1.86. The summed E-state index contributed by atoms with van der Waals surface area (Å²) in [5.74, 6) is 0. The van der Waals surface area contributed by atoms with Gasteiger partial charge in [0.15, 0.2) is 0 Å². The quantitative estimate of drug-likeness (QED) is 0.272. The Kier molecular flexibility index (Phi) is 47.1. The van der Waals surface area contributed by atoms with Crippen LogP contribution in [0.4, 0.5) is 5.69 Å². The standard InChI is InChI=1S/C7H8O2.C6H7N.C3H8O2.2C2H6.2CH4/c8-9-6-7-4-2-1-3-5-7;7-6-4-2-1-3-5-6;1-4-3-5-2;2*1-2;;/h1-5,8H,6H2;1-5H,7H2;3H2,1-2H3;2*1-2H3;2*1H4. The van der Waals surface area contributed by atoms with Crippen molar-refractivity contribution in [1.29, 1.82) is 0 Å². The molecule has 0 aliphatic carbocycles. The van der Waals surface area contributed by atoms with Crippen molar-refractivity contribution < 1.29 is 19.6 Å². The average molecular weight is 386 g/mol. The molecule has 0 heterocycles. The normalized spacial score (nSPS) is 7.37. The summed E-state index contributed by atoms with van der Waals surface area (Å²) < 4.78 is 8.94. The number of para-hydroxylation sites is 1. The van der Waals surface area contributed by atoms with Gasteiger partial charge in [0.25, 0.3) is 0 Å². The summed E-state index contributed by atoms with van der Waals surface area (Å²) in [6.07, 6.45) is 0. The molecule has 0 unspecified atom stereocenters. The predicted octanol–water partition coefficient (Wildman–Crippen LogP) is 6.51. The molecule has 0 aliphatic heterocycles. The Morgan fingerprint density at radius 2 is 1.11 bits per heavy atom. The van der Waals surface area contributed by atoms with Gasteiger partial charge in [0, 0.05) is 19.9 Å². The first-order valence-electron chi connectivity index (χ1n) is 8.33. The minimum Gasteiger partial charge on any atom is -0.399 e. The fourth-order valence-electron chi connectivity index (χ4n) is 1.22. The molecule has 27 heavy (non-hydrogen) atoms. The molecule has 0 bridgehead atoms. The van der Waals surface area contributed by atoms with Gasteiger partial charge in [0.05, 0.1) is 0 Å². The molecule has 2 rings (SSSR count). The van der Waals surface area contributed by atoms with E-state index in [0.717, 1.165) is 11.3 Å². The van der Waals surface area contributed by atoms with Crippen LogP contribution < -0.4 is 5.73 Å². The summed E-state index contributed by atoms with van der Waals surface area (Å²) in [7, 11) is 3.17. The highest BCUT2D eigenvalue weighted by atomic mass is 17.1. The zero-order chi connectivity index (χ0) is 19.8. The summed E-state index contributed by atoms with van der Waals surface area (Å²) in [4.78, 5) is 3.93. The van der Waals surface area contributed by atoms with Gasteiger partial charge in [-0.3, -0.25) is 5.26 Å². The molecule has 0 atom stereocenters. The van der Waals surface area contributed by atoms with E-state index in [1.807, 2.05) is 88.4 Å². The van der Waals surface area contributed by atoms with Crippen LogP contribution in [-0.2, 0) is 21.0 Å². The predicted molar refractivity (Wildman–Crippen MR) is 120 cm³/mol. The third kappa shape index (κ3) is 32.2. The molecule has 2 aromatic carbocycles. The number of ether oxygens (including phenoxy) is 2. The molecule has 3 N–H and O–H groups in total. The zero-order valence-corrected chi connectivity index (χ0v) is 16.4. The fraction of sp³-hybridized carbons (Fsp3) is 0.455. The summed E-state index contributed by atoms with van der Waals surface area (Å²) in [5, 5.41) is 8.02. The van der Waals surface area contributed by atoms with E-state index >= 15 is 0 Å². The van der Waals surface area contributed by atoms with E-state index in [2.05, 4.69) is 14.4 Å². The van der Waals surface area contributed by atoms with E-state index < -0.39 is 0 Å². The van der Waals surface area contributed by atoms with E-state index in [1.54, 1.807) is 14.2 Å². The van der Waals surface area contributed by atoms with Gasteiger partial charge in [-0.2, -0.15) is 0 Å². The van der Waals surface area contributed by atoms with Crippen LogP contribution in [0, 0.1) is 0 Å². The number of anilines is 1. The van der Waals surface area contributed by atoms with Crippen molar-refractivity contribution >= 4 is 5.69 Å². The molecule has 0 aromatic heterocycles. The van der Waals surface area contributed by atoms with Gasteiger partial charge in [-0.1, -0.05) is 91.1 Å². The minimum absolute atomic E-state index is 0. The Labute approximate surface area is 168 Å². The molecule has 0 saturated carbocycles. The second kappa shape index (κ2) is 35.2. The van der Waals surface area contributed by atoms with Gasteiger partial charge >= 0.3 is 0 Å². The van der Waals surface area contributed by atoms with Gasteiger partial charge in [0.1, 0.15) is 13.4 Å². The second-order valence-corrected chi connectivity index (χ2v) is 3.86. The number of nitrogen functional groups attached to an aromatic ring is 1. The van der Waals surface area contributed by atoms with E-state index in [4.69, 9.17) is 11.0 Å². The lowest BCUT2D eigenvalue weighted by atomic mass is 10.2.